The summed E-state index contributed by atoms with van der Waals surface area (Å²) in [6.07, 6.45) is 0. The fourth-order valence-corrected chi connectivity index (χ4v) is 1.76. The minimum atomic E-state index is -0.755. The number of aryl methyl sites for hydroxylation is 1. The molecule has 22 heavy (non-hydrogen) atoms. The summed E-state index contributed by atoms with van der Waals surface area (Å²) < 4.78 is 18.8. The van der Waals surface area contributed by atoms with Crippen LogP contribution in [-0.2, 0) is 4.79 Å². The van der Waals surface area contributed by atoms with Crippen LogP contribution in [0, 0.1) is 22.9 Å². The molecule has 0 heterocycles. The van der Waals surface area contributed by atoms with Crippen LogP contribution in [0.1, 0.15) is 5.56 Å². The van der Waals surface area contributed by atoms with E-state index in [-0.39, 0.29) is 18.0 Å². The van der Waals surface area contributed by atoms with E-state index in [9.17, 15) is 19.3 Å². The van der Waals surface area contributed by atoms with Crippen LogP contribution < -0.4 is 10.1 Å². The van der Waals surface area contributed by atoms with Crippen LogP contribution in [0.4, 0.5) is 15.8 Å². The number of nitro groups is 1. The number of carbonyl (C=O) groups excluding carboxylic acids is 1. The first-order chi connectivity index (χ1) is 10.5. The van der Waals surface area contributed by atoms with Crippen molar-refractivity contribution in [3.8, 4) is 5.75 Å². The minimum Gasteiger partial charge on any atom is -0.484 e. The summed E-state index contributed by atoms with van der Waals surface area (Å²) in [6, 6.07) is 10.0. The second kappa shape index (κ2) is 6.66. The van der Waals surface area contributed by atoms with Crippen molar-refractivity contribution >= 4 is 17.3 Å². The molecule has 1 amide bonds. The van der Waals surface area contributed by atoms with Gasteiger partial charge in [-0.15, -0.1) is 0 Å². The summed E-state index contributed by atoms with van der Waals surface area (Å²) in [5.74, 6) is -0.856. The van der Waals surface area contributed by atoms with Gasteiger partial charge in [0.2, 0.25) is 0 Å². The molecule has 0 unspecified atom stereocenters. The lowest BCUT2D eigenvalue weighted by Crippen LogP contribution is -2.20. The van der Waals surface area contributed by atoms with E-state index >= 15 is 0 Å². The maximum absolute atomic E-state index is 13.5. The number of non-ortho nitro benzene ring substituents is 1. The fourth-order valence-electron chi connectivity index (χ4n) is 1.76. The van der Waals surface area contributed by atoms with Crippen molar-refractivity contribution in [3.63, 3.8) is 0 Å². The van der Waals surface area contributed by atoms with Gasteiger partial charge >= 0.3 is 0 Å². The molecule has 0 fully saturated rings. The lowest BCUT2D eigenvalue weighted by Gasteiger charge is -2.08. The van der Waals surface area contributed by atoms with Crippen LogP contribution in [0.3, 0.4) is 0 Å². The van der Waals surface area contributed by atoms with Crippen molar-refractivity contribution in [1.29, 1.82) is 0 Å². The van der Waals surface area contributed by atoms with Gasteiger partial charge in [0.05, 0.1) is 10.6 Å². The number of hydrogen-bond acceptors (Lipinski definition) is 4. The number of ether oxygens (including phenoxy) is 1. The van der Waals surface area contributed by atoms with Crippen molar-refractivity contribution in [2.75, 3.05) is 11.9 Å². The lowest BCUT2D eigenvalue weighted by molar-refractivity contribution is -0.384. The summed E-state index contributed by atoms with van der Waals surface area (Å²) in [6.45, 7) is 1.55. The van der Waals surface area contributed by atoms with Crippen LogP contribution in [0.2, 0.25) is 0 Å². The van der Waals surface area contributed by atoms with Gasteiger partial charge in [0.1, 0.15) is 11.6 Å². The quantitative estimate of drug-likeness (QED) is 0.680. The highest BCUT2D eigenvalue weighted by Gasteiger charge is 2.13. The molecular weight excluding hydrogens is 291 g/mol. The smallest absolute Gasteiger partial charge is 0.271 e. The van der Waals surface area contributed by atoms with E-state index in [4.69, 9.17) is 4.74 Å². The van der Waals surface area contributed by atoms with Gasteiger partial charge in [-0.3, -0.25) is 14.9 Å². The first-order valence-corrected chi connectivity index (χ1v) is 6.39. The molecule has 1 N–H and O–H groups in total. The zero-order valence-electron chi connectivity index (χ0n) is 11.7. The number of carbonyl (C=O) groups is 1. The summed E-state index contributed by atoms with van der Waals surface area (Å²) >= 11 is 0. The van der Waals surface area contributed by atoms with E-state index in [2.05, 4.69) is 5.32 Å². The monoisotopic (exact) mass is 304 g/mol. The van der Waals surface area contributed by atoms with Crippen molar-refractivity contribution in [1.82, 2.24) is 0 Å². The summed E-state index contributed by atoms with van der Waals surface area (Å²) in [5, 5.41) is 12.9. The highest BCUT2D eigenvalue weighted by Crippen LogP contribution is 2.21. The maximum atomic E-state index is 13.5. The SMILES string of the molecule is Cc1cccc(OCC(=O)Nc2cc([N+](=O)[O-])ccc2F)c1. The van der Waals surface area contributed by atoms with Crippen LogP contribution in [-0.4, -0.2) is 17.4 Å². The van der Waals surface area contributed by atoms with E-state index in [1.54, 1.807) is 18.2 Å². The average Bonchev–Trinajstić information content (AvgIpc) is 2.47. The van der Waals surface area contributed by atoms with Crippen LogP contribution in [0.5, 0.6) is 5.75 Å². The molecule has 0 aliphatic heterocycles. The highest BCUT2D eigenvalue weighted by atomic mass is 19.1. The van der Waals surface area contributed by atoms with Crippen LogP contribution in [0.15, 0.2) is 42.5 Å². The second-order valence-electron chi connectivity index (χ2n) is 4.57. The molecule has 0 spiro atoms. The molecule has 2 aromatic carbocycles. The number of benzene rings is 2. The van der Waals surface area contributed by atoms with E-state index in [1.807, 2.05) is 13.0 Å². The lowest BCUT2D eigenvalue weighted by atomic mass is 10.2. The van der Waals surface area contributed by atoms with Gasteiger partial charge < -0.3 is 10.1 Å². The molecule has 0 saturated heterocycles. The van der Waals surface area contributed by atoms with Crippen molar-refractivity contribution in [2.24, 2.45) is 0 Å². The Bertz CT molecular complexity index is 718. The normalized spacial score (nSPS) is 10.1. The van der Waals surface area contributed by atoms with E-state index in [1.165, 1.54) is 0 Å². The molecule has 6 nitrogen and oxygen atoms in total. The number of amides is 1. The summed E-state index contributed by atoms with van der Waals surface area (Å²) in [5.41, 5.74) is 0.408. The zero-order chi connectivity index (χ0) is 16.1. The molecule has 0 aromatic heterocycles. The molecule has 2 rings (SSSR count). The van der Waals surface area contributed by atoms with Gasteiger partial charge in [-0.25, -0.2) is 4.39 Å². The van der Waals surface area contributed by atoms with E-state index < -0.39 is 16.6 Å². The van der Waals surface area contributed by atoms with Crippen molar-refractivity contribution < 1.29 is 18.8 Å². The first kappa shape index (κ1) is 15.4. The third kappa shape index (κ3) is 4.02. The maximum Gasteiger partial charge on any atom is 0.271 e. The number of nitrogens with one attached hydrogen (secondary N) is 1. The molecule has 0 aliphatic rings. The van der Waals surface area contributed by atoms with Crippen molar-refractivity contribution in [2.45, 2.75) is 6.92 Å². The molecule has 0 saturated carbocycles. The van der Waals surface area contributed by atoms with Gasteiger partial charge in [-0.1, -0.05) is 12.1 Å². The Labute approximate surface area is 125 Å². The van der Waals surface area contributed by atoms with Crippen LogP contribution in [0.25, 0.3) is 0 Å². The molecule has 2 aromatic rings. The predicted octanol–water partition coefficient (Wildman–Crippen LogP) is 3.06. The number of nitrogens with zero attached hydrogens (tertiary/aromatic N) is 1. The minimum absolute atomic E-state index is 0.257. The van der Waals surface area contributed by atoms with Gasteiger partial charge in [-0.2, -0.15) is 0 Å². The molecule has 114 valence electrons. The Hall–Kier alpha value is -2.96. The number of halogens is 1. The first-order valence-electron chi connectivity index (χ1n) is 6.39. The Morgan fingerprint density at radius 3 is 2.77 bits per heavy atom. The third-order valence-corrected chi connectivity index (χ3v) is 2.79. The van der Waals surface area contributed by atoms with Crippen molar-refractivity contribution in [3.05, 3.63) is 64.0 Å². The predicted molar refractivity (Wildman–Crippen MR) is 78.4 cm³/mol. The van der Waals surface area contributed by atoms with Gasteiger partial charge in [0, 0.05) is 12.1 Å². The van der Waals surface area contributed by atoms with Crippen LogP contribution >= 0.6 is 0 Å². The number of rotatable bonds is 5. The molecule has 0 atom stereocenters. The molecular formula is C15H13FN2O4. The zero-order valence-corrected chi connectivity index (χ0v) is 11.7. The Kier molecular flexibility index (Phi) is 4.67. The summed E-state index contributed by atoms with van der Waals surface area (Å²) in [7, 11) is 0. The van der Waals surface area contributed by atoms with E-state index in [0.717, 1.165) is 23.8 Å². The Morgan fingerprint density at radius 2 is 2.09 bits per heavy atom. The topological polar surface area (TPSA) is 81.5 Å². The second-order valence-corrected chi connectivity index (χ2v) is 4.57. The summed E-state index contributed by atoms with van der Waals surface area (Å²) in [4.78, 5) is 21.7. The van der Waals surface area contributed by atoms with Gasteiger partial charge in [0.25, 0.3) is 11.6 Å². The Morgan fingerprint density at radius 1 is 1.32 bits per heavy atom. The number of anilines is 1. The fraction of sp³-hybridized carbons (Fsp3) is 0.133. The molecule has 7 heteroatoms. The number of nitro benzene ring substituents is 1. The van der Waals surface area contributed by atoms with Gasteiger partial charge in [0.15, 0.2) is 6.61 Å². The molecule has 0 aliphatic carbocycles. The average molecular weight is 304 g/mol. The largest absolute Gasteiger partial charge is 0.484 e. The molecule has 0 bridgehead atoms. The van der Waals surface area contributed by atoms with E-state index in [0.29, 0.717) is 5.75 Å². The number of hydrogen-bond donors (Lipinski definition) is 1. The standard InChI is InChI=1S/C15H13FN2O4/c1-10-3-2-4-12(7-10)22-9-15(19)17-14-8-11(18(20)21)5-6-13(14)16/h2-8H,9H2,1H3,(H,17,19). The Balaban J connectivity index is 2.00. The van der Waals surface area contributed by atoms with Gasteiger partial charge in [-0.05, 0) is 30.7 Å². The third-order valence-electron chi connectivity index (χ3n) is 2.79. The highest BCUT2D eigenvalue weighted by molar-refractivity contribution is 5.92. The molecule has 0 radical (unpaired) electrons.